The molecule has 1 fully saturated rings. The van der Waals surface area contributed by atoms with Crippen LogP contribution in [0.1, 0.15) is 27.2 Å². The van der Waals surface area contributed by atoms with Crippen LogP contribution < -0.4 is 0 Å². The molecule has 1 atom stereocenters. The van der Waals surface area contributed by atoms with Gasteiger partial charge in [-0.3, -0.25) is 0 Å². The third-order valence-corrected chi connectivity index (χ3v) is 4.50. The second-order valence-corrected chi connectivity index (χ2v) is 5.68. The molecule has 0 aromatic heterocycles. The molecule has 0 bridgehead atoms. The zero-order valence-electron chi connectivity index (χ0n) is 8.82. The number of quaternary nitrogens is 1. The highest BCUT2D eigenvalue weighted by molar-refractivity contribution is 6.50. The van der Waals surface area contributed by atoms with Crippen LogP contribution in [0.15, 0.2) is 0 Å². The molecule has 1 rings (SSSR count). The first-order chi connectivity index (χ1) is 5.99. The Morgan fingerprint density at radius 2 is 1.54 bits per heavy atom. The zero-order valence-corrected chi connectivity index (χ0v) is 10.3. The van der Waals surface area contributed by atoms with Gasteiger partial charge in [-0.2, -0.15) is 0 Å². The van der Waals surface area contributed by atoms with Crippen LogP contribution in [0.5, 0.6) is 0 Å². The van der Waals surface area contributed by atoms with Crippen molar-refractivity contribution >= 4 is 23.2 Å². The van der Waals surface area contributed by atoms with Crippen LogP contribution in [-0.4, -0.2) is 35.0 Å². The molecular formula is C10H20Cl2N+. The Hall–Kier alpha value is 0.540. The van der Waals surface area contributed by atoms with E-state index in [0.717, 1.165) is 17.4 Å². The van der Waals surface area contributed by atoms with Gasteiger partial charge in [-0.15, -0.1) is 23.2 Å². The molecule has 3 heteroatoms. The van der Waals surface area contributed by atoms with Crippen molar-refractivity contribution in [3.05, 3.63) is 0 Å². The van der Waals surface area contributed by atoms with E-state index in [1.165, 1.54) is 19.6 Å². The van der Waals surface area contributed by atoms with E-state index in [1.807, 2.05) is 0 Å². The Morgan fingerprint density at radius 1 is 1.15 bits per heavy atom. The number of nitrogens with zero attached hydrogens (tertiary/aromatic N) is 1. The second-order valence-electron chi connectivity index (χ2n) is 4.13. The molecule has 0 spiro atoms. The zero-order chi connectivity index (χ0) is 10.1. The molecule has 1 aliphatic rings. The quantitative estimate of drug-likeness (QED) is 0.498. The van der Waals surface area contributed by atoms with Gasteiger partial charge in [0.05, 0.1) is 26.2 Å². The molecule has 78 valence electrons. The summed E-state index contributed by atoms with van der Waals surface area (Å²) in [7, 11) is 0. The highest BCUT2D eigenvalue weighted by atomic mass is 35.5. The summed E-state index contributed by atoms with van der Waals surface area (Å²) in [6, 6.07) is 0. The Bertz CT molecular complexity index is 167. The molecule has 0 aromatic carbocycles. The fourth-order valence-electron chi connectivity index (χ4n) is 1.99. The predicted octanol–water partition coefficient (Wildman–Crippen LogP) is 3.06. The summed E-state index contributed by atoms with van der Waals surface area (Å²) in [6.07, 6.45) is 0.982. The fraction of sp³-hybridized carbons (Fsp3) is 1.00. The molecule has 0 heterocycles. The van der Waals surface area contributed by atoms with Gasteiger partial charge in [0.25, 0.3) is 0 Å². The lowest BCUT2D eigenvalue weighted by molar-refractivity contribution is -0.924. The normalized spacial score (nSPS) is 26.1. The third kappa shape index (κ3) is 2.51. The molecule has 1 nitrogen and oxygen atoms in total. The van der Waals surface area contributed by atoms with Crippen molar-refractivity contribution in [3.8, 4) is 0 Å². The molecule has 0 unspecified atom stereocenters. The van der Waals surface area contributed by atoms with Crippen molar-refractivity contribution in [1.29, 1.82) is 0 Å². The monoisotopic (exact) mass is 224 g/mol. The third-order valence-electron chi connectivity index (χ3n) is 3.58. The van der Waals surface area contributed by atoms with Crippen molar-refractivity contribution in [2.24, 2.45) is 5.92 Å². The van der Waals surface area contributed by atoms with E-state index >= 15 is 0 Å². The summed E-state index contributed by atoms with van der Waals surface area (Å²) >= 11 is 12.1. The molecular weight excluding hydrogens is 205 g/mol. The lowest BCUT2D eigenvalue weighted by Gasteiger charge is -2.36. The van der Waals surface area contributed by atoms with Crippen LogP contribution in [0.25, 0.3) is 0 Å². The van der Waals surface area contributed by atoms with Crippen molar-refractivity contribution in [3.63, 3.8) is 0 Å². The standard InChI is InChI=1S/C10H20Cl2N/c1-4-13(5-2,6-3)8-9-7-10(9,11)12/h9H,4-8H2,1-3H3/q+1/t9-/m0/s1. The number of hydrogen-bond acceptors (Lipinski definition) is 0. The molecule has 0 aliphatic heterocycles. The SMILES string of the molecule is CC[N+](CC)(CC)C[C@@H]1CC1(Cl)Cl. The maximum atomic E-state index is 6.04. The van der Waals surface area contributed by atoms with Crippen molar-refractivity contribution in [2.45, 2.75) is 31.5 Å². The second kappa shape index (κ2) is 3.96. The molecule has 1 saturated carbocycles. The van der Waals surface area contributed by atoms with Crippen LogP contribution in [0.4, 0.5) is 0 Å². The van der Waals surface area contributed by atoms with Gasteiger partial charge in [0.1, 0.15) is 4.33 Å². The summed E-state index contributed by atoms with van der Waals surface area (Å²) in [5, 5.41) is 0. The number of alkyl halides is 2. The summed E-state index contributed by atoms with van der Waals surface area (Å²) in [4.78, 5) is 0. The summed E-state index contributed by atoms with van der Waals surface area (Å²) in [6.45, 7) is 11.5. The molecule has 0 radical (unpaired) electrons. The molecule has 0 saturated heterocycles. The highest BCUT2D eigenvalue weighted by Gasteiger charge is 2.55. The van der Waals surface area contributed by atoms with Gasteiger partial charge in [-0.05, 0) is 27.2 Å². The van der Waals surface area contributed by atoms with E-state index in [-0.39, 0.29) is 0 Å². The van der Waals surface area contributed by atoms with Crippen LogP contribution in [-0.2, 0) is 0 Å². The van der Waals surface area contributed by atoms with Gasteiger partial charge in [0.15, 0.2) is 0 Å². The van der Waals surface area contributed by atoms with Gasteiger partial charge >= 0.3 is 0 Å². The van der Waals surface area contributed by atoms with E-state index in [9.17, 15) is 0 Å². The van der Waals surface area contributed by atoms with E-state index in [4.69, 9.17) is 23.2 Å². The van der Waals surface area contributed by atoms with Crippen LogP contribution in [0, 0.1) is 5.92 Å². The van der Waals surface area contributed by atoms with Gasteiger partial charge in [-0.1, -0.05) is 0 Å². The highest BCUT2D eigenvalue weighted by Crippen LogP contribution is 2.53. The number of rotatable bonds is 5. The maximum Gasteiger partial charge on any atom is 0.127 e. The van der Waals surface area contributed by atoms with E-state index in [1.54, 1.807) is 0 Å². The van der Waals surface area contributed by atoms with Crippen LogP contribution in [0.2, 0.25) is 0 Å². The largest absolute Gasteiger partial charge is 0.324 e. The van der Waals surface area contributed by atoms with Crippen LogP contribution >= 0.6 is 23.2 Å². The maximum absolute atomic E-state index is 6.04. The molecule has 0 amide bonds. The smallest absolute Gasteiger partial charge is 0.127 e. The van der Waals surface area contributed by atoms with Crippen LogP contribution in [0.3, 0.4) is 0 Å². The van der Waals surface area contributed by atoms with E-state index < -0.39 is 4.33 Å². The molecule has 13 heavy (non-hydrogen) atoms. The minimum atomic E-state index is -0.400. The van der Waals surface area contributed by atoms with Gasteiger partial charge in [0.2, 0.25) is 0 Å². The molecule has 0 N–H and O–H groups in total. The van der Waals surface area contributed by atoms with Gasteiger partial charge in [-0.25, -0.2) is 0 Å². The summed E-state index contributed by atoms with van der Waals surface area (Å²) in [5.74, 6) is 0.524. The lowest BCUT2D eigenvalue weighted by atomic mass is 10.2. The number of halogens is 2. The summed E-state index contributed by atoms with van der Waals surface area (Å²) < 4.78 is 0.759. The van der Waals surface area contributed by atoms with E-state index in [0.29, 0.717) is 5.92 Å². The molecule has 1 aliphatic carbocycles. The molecule has 0 aromatic rings. The first kappa shape index (κ1) is 11.6. The fourth-order valence-corrected chi connectivity index (χ4v) is 2.50. The lowest BCUT2D eigenvalue weighted by Crippen LogP contribution is -2.49. The average molecular weight is 225 g/mol. The topological polar surface area (TPSA) is 0 Å². The minimum absolute atomic E-state index is 0.400. The van der Waals surface area contributed by atoms with Crippen molar-refractivity contribution in [2.75, 3.05) is 26.2 Å². The van der Waals surface area contributed by atoms with E-state index in [2.05, 4.69) is 20.8 Å². The average Bonchev–Trinajstić information content (AvgIpc) is 2.70. The Labute approximate surface area is 91.6 Å². The Balaban J connectivity index is 2.49. The van der Waals surface area contributed by atoms with Gasteiger partial charge < -0.3 is 4.48 Å². The Morgan fingerprint density at radius 3 is 1.77 bits per heavy atom. The minimum Gasteiger partial charge on any atom is -0.324 e. The van der Waals surface area contributed by atoms with Gasteiger partial charge in [0, 0.05) is 5.92 Å². The number of hydrogen-bond donors (Lipinski definition) is 0. The first-order valence-electron chi connectivity index (χ1n) is 5.22. The van der Waals surface area contributed by atoms with Crippen molar-refractivity contribution in [1.82, 2.24) is 0 Å². The van der Waals surface area contributed by atoms with Crippen molar-refractivity contribution < 1.29 is 4.48 Å². The predicted molar refractivity (Wildman–Crippen MR) is 59.3 cm³/mol. The summed E-state index contributed by atoms with van der Waals surface area (Å²) in [5.41, 5.74) is 0. The first-order valence-corrected chi connectivity index (χ1v) is 5.98. The Kier molecular flexibility index (Phi) is 3.54.